The second-order valence-electron chi connectivity index (χ2n) is 6.03. The maximum atomic E-state index is 12.0. The average Bonchev–Trinajstić information content (AvgIpc) is 2.61. The molecule has 0 aromatic heterocycles. The highest BCUT2D eigenvalue weighted by atomic mass is 79.9. The van der Waals surface area contributed by atoms with Crippen molar-refractivity contribution in [2.75, 3.05) is 13.1 Å². The predicted octanol–water partition coefficient (Wildman–Crippen LogP) is 2.73. The highest BCUT2D eigenvalue weighted by Gasteiger charge is 2.06. The SMILES string of the molecule is CC[NH+](CC)Cc1ccc(CNC(=O)Cc2ccc(Br)cc2)cc1. The molecular weight excluding hydrogens is 364 g/mol. The van der Waals surface area contributed by atoms with E-state index < -0.39 is 0 Å². The molecule has 4 heteroatoms. The number of benzene rings is 2. The van der Waals surface area contributed by atoms with Gasteiger partial charge in [0.05, 0.1) is 19.5 Å². The van der Waals surface area contributed by atoms with Crippen LogP contribution in [0.2, 0.25) is 0 Å². The van der Waals surface area contributed by atoms with Crippen molar-refractivity contribution < 1.29 is 9.69 Å². The molecular formula is C20H26BrN2O+. The minimum atomic E-state index is 0.0500. The van der Waals surface area contributed by atoms with E-state index in [0.717, 1.165) is 35.2 Å². The average molecular weight is 390 g/mol. The lowest BCUT2D eigenvalue weighted by atomic mass is 10.1. The second kappa shape index (κ2) is 9.60. The summed E-state index contributed by atoms with van der Waals surface area (Å²) in [6, 6.07) is 16.4. The molecule has 128 valence electrons. The number of hydrogen-bond donors (Lipinski definition) is 2. The molecule has 0 heterocycles. The first-order valence-corrected chi connectivity index (χ1v) is 9.32. The first-order chi connectivity index (χ1) is 11.6. The molecule has 2 aromatic carbocycles. The Morgan fingerprint density at radius 1 is 0.917 bits per heavy atom. The molecule has 0 bridgehead atoms. The zero-order valence-corrected chi connectivity index (χ0v) is 16.0. The van der Waals surface area contributed by atoms with Gasteiger partial charge in [0.25, 0.3) is 0 Å². The zero-order chi connectivity index (χ0) is 17.4. The summed E-state index contributed by atoms with van der Waals surface area (Å²) in [7, 11) is 0. The van der Waals surface area contributed by atoms with Gasteiger partial charge in [-0.05, 0) is 37.1 Å². The van der Waals surface area contributed by atoms with Crippen LogP contribution in [0.4, 0.5) is 0 Å². The van der Waals surface area contributed by atoms with Crippen LogP contribution in [0.5, 0.6) is 0 Å². The number of amides is 1. The normalized spacial score (nSPS) is 10.8. The van der Waals surface area contributed by atoms with Crippen molar-refractivity contribution >= 4 is 21.8 Å². The van der Waals surface area contributed by atoms with Crippen molar-refractivity contribution in [2.45, 2.75) is 33.4 Å². The van der Waals surface area contributed by atoms with Gasteiger partial charge in [-0.1, -0.05) is 52.3 Å². The molecule has 0 aliphatic carbocycles. The minimum Gasteiger partial charge on any atom is -0.352 e. The van der Waals surface area contributed by atoms with Gasteiger partial charge in [-0.3, -0.25) is 4.79 Å². The molecule has 24 heavy (non-hydrogen) atoms. The molecule has 0 saturated carbocycles. The summed E-state index contributed by atoms with van der Waals surface area (Å²) in [6.45, 7) is 8.36. The fraction of sp³-hybridized carbons (Fsp3) is 0.350. The number of rotatable bonds is 8. The van der Waals surface area contributed by atoms with E-state index in [4.69, 9.17) is 0 Å². The van der Waals surface area contributed by atoms with E-state index in [1.807, 2.05) is 24.3 Å². The van der Waals surface area contributed by atoms with Crippen LogP contribution in [0.25, 0.3) is 0 Å². The van der Waals surface area contributed by atoms with Gasteiger partial charge in [0, 0.05) is 16.6 Å². The first kappa shape index (κ1) is 18.7. The van der Waals surface area contributed by atoms with Gasteiger partial charge in [0.1, 0.15) is 6.54 Å². The van der Waals surface area contributed by atoms with E-state index in [0.29, 0.717) is 13.0 Å². The maximum absolute atomic E-state index is 12.0. The van der Waals surface area contributed by atoms with Crippen LogP contribution in [0.3, 0.4) is 0 Å². The van der Waals surface area contributed by atoms with Crippen LogP contribution in [-0.4, -0.2) is 19.0 Å². The fourth-order valence-corrected chi connectivity index (χ4v) is 2.88. The van der Waals surface area contributed by atoms with Crippen molar-refractivity contribution in [1.29, 1.82) is 0 Å². The maximum Gasteiger partial charge on any atom is 0.224 e. The Morgan fingerprint density at radius 2 is 1.46 bits per heavy atom. The molecule has 0 saturated heterocycles. The Morgan fingerprint density at radius 3 is 2.04 bits per heavy atom. The lowest BCUT2D eigenvalue weighted by Crippen LogP contribution is -3.10. The van der Waals surface area contributed by atoms with E-state index in [1.165, 1.54) is 5.56 Å². The van der Waals surface area contributed by atoms with Gasteiger partial charge >= 0.3 is 0 Å². The van der Waals surface area contributed by atoms with Gasteiger partial charge in [0.15, 0.2) is 0 Å². The van der Waals surface area contributed by atoms with Gasteiger partial charge in [-0.15, -0.1) is 0 Å². The monoisotopic (exact) mass is 389 g/mol. The molecule has 0 aliphatic rings. The van der Waals surface area contributed by atoms with Gasteiger partial charge in [-0.2, -0.15) is 0 Å². The minimum absolute atomic E-state index is 0.0500. The van der Waals surface area contributed by atoms with Crippen LogP contribution in [0.1, 0.15) is 30.5 Å². The number of carbonyl (C=O) groups excluding carboxylic acids is 1. The summed E-state index contributed by atoms with van der Waals surface area (Å²) in [4.78, 5) is 13.6. The third kappa shape index (κ3) is 6.10. The molecule has 2 rings (SSSR count). The standard InChI is InChI=1S/C20H25BrN2O/c1-3-23(4-2)15-18-7-5-17(6-8-18)14-22-20(24)13-16-9-11-19(21)12-10-16/h5-12H,3-4,13-15H2,1-2H3,(H,22,24)/p+1. The first-order valence-electron chi connectivity index (χ1n) is 8.53. The summed E-state index contributed by atoms with van der Waals surface area (Å²) in [5.41, 5.74) is 3.50. The molecule has 0 radical (unpaired) electrons. The second-order valence-corrected chi connectivity index (χ2v) is 6.95. The Balaban J connectivity index is 1.81. The Bertz CT molecular complexity index is 634. The van der Waals surface area contributed by atoms with Crippen molar-refractivity contribution in [1.82, 2.24) is 5.32 Å². The molecule has 0 atom stereocenters. The van der Waals surface area contributed by atoms with E-state index in [2.05, 4.69) is 59.4 Å². The van der Waals surface area contributed by atoms with Crippen molar-refractivity contribution in [3.8, 4) is 0 Å². The highest BCUT2D eigenvalue weighted by Crippen LogP contribution is 2.11. The lowest BCUT2D eigenvalue weighted by Gasteiger charge is -2.15. The zero-order valence-electron chi connectivity index (χ0n) is 14.4. The van der Waals surface area contributed by atoms with Gasteiger partial charge < -0.3 is 10.2 Å². The fourth-order valence-electron chi connectivity index (χ4n) is 2.61. The molecule has 0 spiro atoms. The number of quaternary nitrogens is 1. The van der Waals surface area contributed by atoms with E-state index in [9.17, 15) is 4.79 Å². The van der Waals surface area contributed by atoms with Gasteiger partial charge in [0.2, 0.25) is 5.91 Å². The topological polar surface area (TPSA) is 33.5 Å². The molecule has 3 nitrogen and oxygen atoms in total. The van der Waals surface area contributed by atoms with Crippen molar-refractivity contribution in [3.63, 3.8) is 0 Å². The largest absolute Gasteiger partial charge is 0.352 e. The van der Waals surface area contributed by atoms with Crippen LogP contribution in [0, 0.1) is 0 Å². The molecule has 1 amide bonds. The summed E-state index contributed by atoms with van der Waals surface area (Å²) in [5, 5.41) is 2.99. The number of nitrogens with one attached hydrogen (secondary N) is 2. The molecule has 2 aromatic rings. The van der Waals surface area contributed by atoms with Crippen LogP contribution in [-0.2, 0) is 24.3 Å². The summed E-state index contributed by atoms with van der Waals surface area (Å²) in [5.74, 6) is 0.0500. The van der Waals surface area contributed by atoms with Crippen LogP contribution < -0.4 is 10.2 Å². The van der Waals surface area contributed by atoms with Gasteiger partial charge in [-0.25, -0.2) is 0 Å². The number of carbonyl (C=O) groups is 1. The molecule has 0 fully saturated rings. The summed E-state index contributed by atoms with van der Waals surface area (Å²) >= 11 is 3.40. The summed E-state index contributed by atoms with van der Waals surface area (Å²) in [6.07, 6.45) is 0.413. The Kier molecular flexibility index (Phi) is 7.47. The highest BCUT2D eigenvalue weighted by molar-refractivity contribution is 9.10. The van der Waals surface area contributed by atoms with E-state index in [-0.39, 0.29) is 5.91 Å². The van der Waals surface area contributed by atoms with E-state index in [1.54, 1.807) is 4.90 Å². The van der Waals surface area contributed by atoms with E-state index >= 15 is 0 Å². The molecule has 0 unspecified atom stereocenters. The quantitative estimate of drug-likeness (QED) is 0.714. The summed E-state index contributed by atoms with van der Waals surface area (Å²) < 4.78 is 1.03. The van der Waals surface area contributed by atoms with Crippen LogP contribution >= 0.6 is 15.9 Å². The van der Waals surface area contributed by atoms with Crippen molar-refractivity contribution in [2.24, 2.45) is 0 Å². The van der Waals surface area contributed by atoms with Crippen LogP contribution in [0.15, 0.2) is 53.0 Å². The molecule has 2 N–H and O–H groups in total. The Hall–Kier alpha value is -1.65. The predicted molar refractivity (Wildman–Crippen MR) is 102 cm³/mol. The third-order valence-corrected chi connectivity index (χ3v) is 4.77. The number of halogens is 1. The Labute approximate surface area is 153 Å². The number of hydrogen-bond acceptors (Lipinski definition) is 1. The third-order valence-electron chi connectivity index (χ3n) is 4.24. The van der Waals surface area contributed by atoms with Crippen molar-refractivity contribution in [3.05, 3.63) is 69.7 Å². The smallest absolute Gasteiger partial charge is 0.224 e. The molecule has 0 aliphatic heterocycles. The lowest BCUT2D eigenvalue weighted by molar-refractivity contribution is -0.910.